The number of aromatic amines is 2. The van der Waals surface area contributed by atoms with Gasteiger partial charge >= 0.3 is 0 Å². The van der Waals surface area contributed by atoms with Crippen molar-refractivity contribution >= 4 is 21.8 Å². The standard InChI is InChI=1S/C28H30FN7O/c1-36(2)9-10-37-20-12-18(11-19(29)13-20)27-21-15-25(33-23(21)5-8-31-27)28-22-14-24(17-3-6-30-7-4-17)32-16-26(22)34-35-28/h5,8,11-17,30,33H,3-4,6-7,9-10H2,1-2H3,(H,34,35). The number of nitrogens with zero attached hydrogens (tertiary/aromatic N) is 4. The van der Waals surface area contributed by atoms with E-state index >= 15 is 0 Å². The maximum atomic E-state index is 14.5. The molecule has 1 aliphatic heterocycles. The zero-order chi connectivity index (χ0) is 25.4. The van der Waals surface area contributed by atoms with E-state index in [-0.39, 0.29) is 5.82 Å². The van der Waals surface area contributed by atoms with Crippen molar-refractivity contribution in [1.82, 2.24) is 35.4 Å². The lowest BCUT2D eigenvalue weighted by Crippen LogP contribution is -2.27. The van der Waals surface area contributed by atoms with Gasteiger partial charge in [-0.1, -0.05) is 0 Å². The lowest BCUT2D eigenvalue weighted by atomic mass is 9.93. The highest BCUT2D eigenvalue weighted by atomic mass is 19.1. The third kappa shape index (κ3) is 4.80. The Kier molecular flexibility index (Phi) is 6.31. The van der Waals surface area contributed by atoms with Crippen LogP contribution < -0.4 is 10.1 Å². The Hall–Kier alpha value is -3.82. The molecule has 0 amide bonds. The number of H-pyrrole nitrogens is 2. The average molecular weight is 500 g/mol. The van der Waals surface area contributed by atoms with Gasteiger partial charge in [-0.25, -0.2) is 4.39 Å². The Balaban J connectivity index is 1.37. The van der Waals surface area contributed by atoms with E-state index < -0.39 is 0 Å². The molecule has 1 aromatic carbocycles. The van der Waals surface area contributed by atoms with Gasteiger partial charge in [0.2, 0.25) is 0 Å². The van der Waals surface area contributed by atoms with E-state index in [2.05, 4.69) is 31.5 Å². The highest BCUT2D eigenvalue weighted by molar-refractivity contribution is 5.99. The van der Waals surface area contributed by atoms with Crippen molar-refractivity contribution in [2.45, 2.75) is 18.8 Å². The van der Waals surface area contributed by atoms with Crippen molar-refractivity contribution in [2.24, 2.45) is 0 Å². The number of pyridine rings is 2. The van der Waals surface area contributed by atoms with Crippen LogP contribution in [0.2, 0.25) is 0 Å². The molecule has 1 aliphatic rings. The van der Waals surface area contributed by atoms with Gasteiger partial charge in [-0.05, 0) is 70.4 Å². The van der Waals surface area contributed by atoms with E-state index in [1.165, 1.54) is 12.1 Å². The van der Waals surface area contributed by atoms with Crippen LogP contribution in [0, 0.1) is 5.82 Å². The highest BCUT2D eigenvalue weighted by Crippen LogP contribution is 2.35. The summed E-state index contributed by atoms with van der Waals surface area (Å²) < 4.78 is 20.3. The van der Waals surface area contributed by atoms with Crippen LogP contribution in [-0.4, -0.2) is 70.4 Å². The molecular weight excluding hydrogens is 469 g/mol. The van der Waals surface area contributed by atoms with E-state index in [0.29, 0.717) is 29.5 Å². The Labute approximate surface area is 214 Å². The van der Waals surface area contributed by atoms with Crippen LogP contribution in [0.25, 0.3) is 44.5 Å². The summed E-state index contributed by atoms with van der Waals surface area (Å²) in [6.45, 7) is 3.25. The zero-order valence-corrected chi connectivity index (χ0v) is 21.0. The largest absolute Gasteiger partial charge is 0.492 e. The summed E-state index contributed by atoms with van der Waals surface area (Å²) in [6.07, 6.45) is 5.78. The number of ether oxygens (including phenoxy) is 1. The predicted octanol–water partition coefficient (Wildman–Crippen LogP) is 4.71. The fourth-order valence-corrected chi connectivity index (χ4v) is 5.02. The second-order valence-corrected chi connectivity index (χ2v) is 9.88. The molecule has 0 saturated carbocycles. The number of aromatic nitrogens is 5. The molecule has 9 heteroatoms. The predicted molar refractivity (Wildman–Crippen MR) is 143 cm³/mol. The quantitative estimate of drug-likeness (QED) is 0.300. The fraction of sp³-hybridized carbons (Fsp3) is 0.321. The number of hydrogen-bond acceptors (Lipinski definition) is 6. The summed E-state index contributed by atoms with van der Waals surface area (Å²) in [5.74, 6) is 0.583. The molecule has 37 heavy (non-hydrogen) atoms. The number of halogens is 1. The van der Waals surface area contributed by atoms with Gasteiger partial charge in [0.1, 0.15) is 23.9 Å². The van der Waals surface area contributed by atoms with Crippen LogP contribution in [0.1, 0.15) is 24.5 Å². The Morgan fingerprint density at radius 2 is 1.84 bits per heavy atom. The zero-order valence-electron chi connectivity index (χ0n) is 21.0. The van der Waals surface area contributed by atoms with Gasteiger partial charge in [0, 0.05) is 52.3 Å². The third-order valence-electron chi connectivity index (χ3n) is 6.98. The van der Waals surface area contributed by atoms with Crippen molar-refractivity contribution in [3.8, 4) is 28.4 Å². The van der Waals surface area contributed by atoms with Gasteiger partial charge in [-0.15, -0.1) is 0 Å². The van der Waals surface area contributed by atoms with Crippen LogP contribution >= 0.6 is 0 Å². The lowest BCUT2D eigenvalue weighted by molar-refractivity contribution is 0.260. The summed E-state index contributed by atoms with van der Waals surface area (Å²) in [6, 6.07) is 10.9. The maximum Gasteiger partial charge on any atom is 0.127 e. The molecule has 0 radical (unpaired) electrons. The molecule has 0 atom stereocenters. The minimum atomic E-state index is -0.358. The first-order chi connectivity index (χ1) is 18.0. The average Bonchev–Trinajstić information content (AvgIpc) is 3.52. The normalized spacial score (nSPS) is 14.7. The van der Waals surface area contributed by atoms with Crippen molar-refractivity contribution < 1.29 is 9.13 Å². The number of nitrogens with one attached hydrogen (secondary N) is 3. The minimum Gasteiger partial charge on any atom is -0.492 e. The molecule has 4 aromatic heterocycles. The number of piperidine rings is 1. The topological polar surface area (TPSA) is 94.8 Å². The van der Waals surface area contributed by atoms with E-state index in [1.807, 2.05) is 43.4 Å². The highest BCUT2D eigenvalue weighted by Gasteiger charge is 2.20. The Bertz CT molecular complexity index is 1550. The fourth-order valence-electron chi connectivity index (χ4n) is 5.02. The first-order valence-electron chi connectivity index (χ1n) is 12.7. The second kappa shape index (κ2) is 9.91. The molecule has 1 saturated heterocycles. The number of benzene rings is 1. The lowest BCUT2D eigenvalue weighted by Gasteiger charge is -2.22. The number of fused-ring (bicyclic) bond motifs is 2. The Morgan fingerprint density at radius 3 is 2.68 bits per heavy atom. The smallest absolute Gasteiger partial charge is 0.127 e. The van der Waals surface area contributed by atoms with Gasteiger partial charge in [0.25, 0.3) is 0 Å². The van der Waals surface area contributed by atoms with E-state index in [1.54, 1.807) is 6.20 Å². The van der Waals surface area contributed by atoms with Crippen molar-refractivity contribution in [3.05, 3.63) is 60.3 Å². The molecule has 1 fully saturated rings. The molecule has 0 unspecified atom stereocenters. The van der Waals surface area contributed by atoms with Gasteiger partial charge in [0.15, 0.2) is 0 Å². The summed E-state index contributed by atoms with van der Waals surface area (Å²) >= 11 is 0. The van der Waals surface area contributed by atoms with Gasteiger partial charge in [-0.3, -0.25) is 15.1 Å². The van der Waals surface area contributed by atoms with Crippen LogP contribution in [-0.2, 0) is 0 Å². The molecule has 0 spiro atoms. The summed E-state index contributed by atoms with van der Waals surface area (Å²) in [7, 11) is 3.95. The van der Waals surface area contributed by atoms with Crippen LogP contribution in [0.5, 0.6) is 5.75 Å². The molecular formula is C28H30FN7O. The van der Waals surface area contributed by atoms with E-state index in [4.69, 9.17) is 9.72 Å². The number of rotatable bonds is 7. The number of likely N-dealkylation sites (N-methyl/N-ethyl adjacent to an activating group) is 1. The van der Waals surface area contributed by atoms with Crippen LogP contribution in [0.3, 0.4) is 0 Å². The molecule has 0 aliphatic carbocycles. The SMILES string of the molecule is CN(C)CCOc1cc(F)cc(-c2nccc3[nH]c(-c4n[nH]c5cnc(C6CCNCC6)cc45)cc23)c1. The van der Waals surface area contributed by atoms with Gasteiger partial charge < -0.3 is 19.9 Å². The van der Waals surface area contributed by atoms with Crippen molar-refractivity contribution in [3.63, 3.8) is 0 Å². The minimum absolute atomic E-state index is 0.358. The monoisotopic (exact) mass is 499 g/mol. The van der Waals surface area contributed by atoms with E-state index in [9.17, 15) is 4.39 Å². The second-order valence-electron chi connectivity index (χ2n) is 9.88. The molecule has 0 bridgehead atoms. The van der Waals surface area contributed by atoms with Gasteiger partial charge in [0.05, 0.1) is 23.1 Å². The summed E-state index contributed by atoms with van der Waals surface area (Å²) in [5.41, 5.74) is 5.97. The van der Waals surface area contributed by atoms with E-state index in [0.717, 1.165) is 71.4 Å². The van der Waals surface area contributed by atoms with Crippen LogP contribution in [0.15, 0.2) is 48.8 Å². The van der Waals surface area contributed by atoms with Crippen molar-refractivity contribution in [2.75, 3.05) is 40.3 Å². The molecule has 3 N–H and O–H groups in total. The Morgan fingerprint density at radius 1 is 1.00 bits per heavy atom. The summed E-state index contributed by atoms with van der Waals surface area (Å²) in [4.78, 5) is 14.8. The molecule has 6 rings (SSSR count). The number of hydrogen-bond donors (Lipinski definition) is 3. The molecule has 190 valence electrons. The molecule has 5 aromatic rings. The summed E-state index contributed by atoms with van der Waals surface area (Å²) in [5, 5.41) is 13.1. The third-order valence-corrected chi connectivity index (χ3v) is 6.98. The van der Waals surface area contributed by atoms with Crippen LogP contribution in [0.4, 0.5) is 4.39 Å². The first kappa shape index (κ1) is 23.6. The maximum absolute atomic E-state index is 14.5. The first-order valence-corrected chi connectivity index (χ1v) is 12.7. The molecule has 5 heterocycles. The van der Waals surface area contributed by atoms with Gasteiger partial charge in [-0.2, -0.15) is 5.10 Å². The van der Waals surface area contributed by atoms with Crippen molar-refractivity contribution in [1.29, 1.82) is 0 Å². The molecule has 8 nitrogen and oxygen atoms in total.